The molecule has 10 nitrogen and oxygen atoms in total. The molecule has 3 heterocycles. The Bertz CT molecular complexity index is 1530. The van der Waals surface area contributed by atoms with E-state index >= 15 is 0 Å². The minimum absolute atomic E-state index is 0.0830. The second-order valence-electron chi connectivity index (χ2n) is 10.1. The SMILES string of the molecule is CCOC(=O)c1c(N2C(=O)[C@@H]3[C@@H](ON(c4ccccc4C)[C@H]3c3ccc([N+](=O)[O-])cc3)C2=O)sc2c1CCCC2. The van der Waals surface area contributed by atoms with E-state index in [4.69, 9.17) is 9.57 Å². The van der Waals surface area contributed by atoms with E-state index < -0.39 is 40.8 Å². The number of fused-ring (bicyclic) bond motifs is 2. The monoisotopic (exact) mass is 561 g/mol. The zero-order chi connectivity index (χ0) is 28.1. The van der Waals surface area contributed by atoms with Gasteiger partial charge in [-0.1, -0.05) is 30.3 Å². The van der Waals surface area contributed by atoms with Crippen molar-refractivity contribution in [2.75, 3.05) is 16.6 Å². The standard InChI is InChI=1S/C29H27N3O7S/c1-3-38-29(35)22-19-9-5-7-11-21(19)40-28(22)30-26(33)23-24(17-12-14-18(15-13-17)32(36)37)31(39-25(23)27(30)34)20-10-6-4-8-16(20)2/h4,6,8,10,12-15,23-25H,3,5,7,9,11H2,1-2H3/t23-,24-,25+/m0/s1. The Balaban J connectivity index is 1.45. The van der Waals surface area contributed by atoms with Crippen molar-refractivity contribution in [3.05, 3.63) is 85.8 Å². The number of esters is 1. The largest absolute Gasteiger partial charge is 0.462 e. The number of imide groups is 1. The van der Waals surface area contributed by atoms with Crippen LogP contribution in [0.25, 0.3) is 0 Å². The first-order chi connectivity index (χ1) is 19.3. The van der Waals surface area contributed by atoms with E-state index in [1.54, 1.807) is 24.1 Å². The van der Waals surface area contributed by atoms with E-state index in [9.17, 15) is 24.5 Å². The lowest BCUT2D eigenvalue weighted by Crippen LogP contribution is -2.38. The number of hydroxylamine groups is 1. The summed E-state index contributed by atoms with van der Waals surface area (Å²) >= 11 is 1.30. The van der Waals surface area contributed by atoms with E-state index in [0.717, 1.165) is 40.2 Å². The summed E-state index contributed by atoms with van der Waals surface area (Å²) in [7, 11) is 0. The number of non-ortho nitro benzene ring substituents is 1. The number of nitro groups is 1. The molecule has 0 saturated carbocycles. The van der Waals surface area contributed by atoms with Crippen molar-refractivity contribution in [1.29, 1.82) is 0 Å². The highest BCUT2D eigenvalue weighted by Crippen LogP contribution is 2.51. The zero-order valence-electron chi connectivity index (χ0n) is 22.0. The lowest BCUT2D eigenvalue weighted by molar-refractivity contribution is -0.384. The normalized spacial score (nSPS) is 21.9. The fraction of sp³-hybridized carbons (Fsp3) is 0.345. The van der Waals surface area contributed by atoms with Crippen molar-refractivity contribution in [3.63, 3.8) is 0 Å². The topological polar surface area (TPSA) is 119 Å². The number of ether oxygens (including phenoxy) is 1. The minimum atomic E-state index is -1.12. The highest BCUT2D eigenvalue weighted by atomic mass is 32.1. The number of nitro benzene ring substituents is 1. The van der Waals surface area contributed by atoms with Gasteiger partial charge in [-0.05, 0) is 62.3 Å². The number of rotatable bonds is 6. The van der Waals surface area contributed by atoms with Gasteiger partial charge in [0, 0.05) is 17.0 Å². The molecule has 3 aromatic rings. The Morgan fingerprint density at radius 3 is 2.52 bits per heavy atom. The van der Waals surface area contributed by atoms with Crippen molar-refractivity contribution in [2.24, 2.45) is 5.92 Å². The lowest BCUT2D eigenvalue weighted by Gasteiger charge is -2.29. The van der Waals surface area contributed by atoms with Crippen LogP contribution in [0.15, 0.2) is 48.5 Å². The van der Waals surface area contributed by atoms with Gasteiger partial charge in [0.05, 0.1) is 28.8 Å². The Morgan fingerprint density at radius 2 is 1.82 bits per heavy atom. The predicted octanol–water partition coefficient (Wildman–Crippen LogP) is 5.07. The van der Waals surface area contributed by atoms with Gasteiger partial charge in [0.2, 0.25) is 5.91 Å². The van der Waals surface area contributed by atoms with Crippen LogP contribution in [0.5, 0.6) is 0 Å². The summed E-state index contributed by atoms with van der Waals surface area (Å²) < 4.78 is 5.35. The molecule has 0 unspecified atom stereocenters. The van der Waals surface area contributed by atoms with E-state index in [1.807, 2.05) is 31.2 Å². The van der Waals surface area contributed by atoms with Crippen LogP contribution in [-0.2, 0) is 32.0 Å². The number of amides is 2. The van der Waals surface area contributed by atoms with Crippen molar-refractivity contribution >= 4 is 45.5 Å². The summed E-state index contributed by atoms with van der Waals surface area (Å²) in [6, 6.07) is 12.7. The summed E-state index contributed by atoms with van der Waals surface area (Å²) in [5.74, 6) is -2.48. The third-order valence-corrected chi connectivity index (χ3v) is 9.03. The second kappa shape index (κ2) is 10.1. The van der Waals surface area contributed by atoms with Crippen LogP contribution in [0.1, 0.15) is 57.7 Å². The van der Waals surface area contributed by atoms with Gasteiger partial charge in [0.25, 0.3) is 11.6 Å². The van der Waals surface area contributed by atoms with Crippen molar-refractivity contribution in [1.82, 2.24) is 0 Å². The molecule has 0 spiro atoms. The van der Waals surface area contributed by atoms with Gasteiger partial charge in [-0.25, -0.2) is 14.8 Å². The molecule has 2 aliphatic heterocycles. The number of nitrogens with zero attached hydrogens (tertiary/aromatic N) is 3. The van der Waals surface area contributed by atoms with Crippen LogP contribution in [0, 0.1) is 23.0 Å². The van der Waals surface area contributed by atoms with Crippen LogP contribution < -0.4 is 9.96 Å². The first kappa shape index (κ1) is 26.1. The van der Waals surface area contributed by atoms with E-state index in [1.165, 1.54) is 23.5 Å². The number of anilines is 2. The van der Waals surface area contributed by atoms with Gasteiger partial charge in [0.15, 0.2) is 6.10 Å². The molecule has 1 aliphatic carbocycles. The minimum Gasteiger partial charge on any atom is -0.462 e. The second-order valence-corrected chi connectivity index (χ2v) is 11.2. The van der Waals surface area contributed by atoms with Crippen molar-refractivity contribution in [3.8, 4) is 0 Å². The molecule has 2 amide bonds. The van der Waals surface area contributed by atoms with Crippen LogP contribution in [0.2, 0.25) is 0 Å². The van der Waals surface area contributed by atoms with Gasteiger partial charge in [-0.2, -0.15) is 0 Å². The fourth-order valence-corrected chi connectivity index (χ4v) is 7.28. The summed E-state index contributed by atoms with van der Waals surface area (Å²) in [6.45, 7) is 3.79. The van der Waals surface area contributed by atoms with Crippen LogP contribution in [0.3, 0.4) is 0 Å². The van der Waals surface area contributed by atoms with Gasteiger partial charge < -0.3 is 4.74 Å². The number of aryl methyl sites for hydroxylation is 2. The average molecular weight is 562 g/mol. The first-order valence-corrected chi connectivity index (χ1v) is 14.1. The molecule has 206 valence electrons. The van der Waals surface area contributed by atoms with Crippen LogP contribution in [-0.4, -0.2) is 35.4 Å². The van der Waals surface area contributed by atoms with Gasteiger partial charge in [-0.3, -0.25) is 24.5 Å². The number of carbonyl (C=O) groups excluding carboxylic acids is 3. The molecule has 6 rings (SSSR count). The summed E-state index contributed by atoms with van der Waals surface area (Å²) in [5.41, 5.74) is 3.23. The quantitative estimate of drug-likeness (QED) is 0.177. The van der Waals surface area contributed by atoms with E-state index in [0.29, 0.717) is 28.2 Å². The maximum absolute atomic E-state index is 14.2. The lowest BCUT2D eigenvalue weighted by atomic mass is 9.90. The first-order valence-electron chi connectivity index (χ1n) is 13.3. The molecular formula is C29H27N3O7S. The average Bonchev–Trinajstić information content (AvgIpc) is 3.59. The number of carbonyl (C=O) groups is 3. The maximum atomic E-state index is 14.2. The Kier molecular flexibility index (Phi) is 6.63. The summed E-state index contributed by atoms with van der Waals surface area (Å²) in [4.78, 5) is 60.4. The summed E-state index contributed by atoms with van der Waals surface area (Å²) in [5, 5.41) is 13.2. The molecule has 2 saturated heterocycles. The molecular weight excluding hydrogens is 534 g/mol. The third-order valence-electron chi connectivity index (χ3n) is 7.75. The van der Waals surface area contributed by atoms with Gasteiger partial charge >= 0.3 is 5.97 Å². The molecule has 1 aromatic heterocycles. The molecule has 40 heavy (non-hydrogen) atoms. The molecule has 3 atom stereocenters. The third kappa shape index (κ3) is 4.08. The summed E-state index contributed by atoms with van der Waals surface area (Å²) in [6.07, 6.45) is 2.23. The molecule has 0 bridgehead atoms. The van der Waals surface area contributed by atoms with Crippen molar-refractivity contribution in [2.45, 2.75) is 51.7 Å². The highest BCUT2D eigenvalue weighted by molar-refractivity contribution is 7.17. The fourth-order valence-electron chi connectivity index (χ4n) is 5.89. The predicted molar refractivity (Wildman–Crippen MR) is 147 cm³/mol. The van der Waals surface area contributed by atoms with E-state index in [-0.39, 0.29) is 12.3 Å². The maximum Gasteiger partial charge on any atom is 0.341 e. The highest BCUT2D eigenvalue weighted by Gasteiger charge is 2.61. The van der Waals surface area contributed by atoms with Crippen molar-refractivity contribution < 1.29 is 28.9 Å². The number of hydrogen-bond acceptors (Lipinski definition) is 9. The van der Waals surface area contributed by atoms with Gasteiger partial charge in [-0.15, -0.1) is 11.3 Å². The molecule has 0 radical (unpaired) electrons. The molecule has 2 fully saturated rings. The molecule has 3 aliphatic rings. The number of hydrogen-bond donors (Lipinski definition) is 0. The number of para-hydroxylation sites is 1. The van der Waals surface area contributed by atoms with E-state index in [2.05, 4.69) is 0 Å². The Morgan fingerprint density at radius 1 is 1.10 bits per heavy atom. The molecule has 11 heteroatoms. The van der Waals surface area contributed by atoms with Crippen LogP contribution in [0.4, 0.5) is 16.4 Å². The number of benzene rings is 2. The smallest absolute Gasteiger partial charge is 0.341 e. The van der Waals surface area contributed by atoms with Gasteiger partial charge in [0.1, 0.15) is 10.9 Å². The van der Waals surface area contributed by atoms with Crippen LogP contribution >= 0.6 is 11.3 Å². The molecule has 2 aromatic carbocycles. The zero-order valence-corrected chi connectivity index (χ0v) is 22.8. The number of thiophene rings is 1. The Hall–Kier alpha value is -4.09. The molecule has 0 N–H and O–H groups in total. The Labute approximate surface area is 234 Å².